The molecular formula is C12H11BrN2O2S. The molecule has 18 heavy (non-hydrogen) atoms. The highest BCUT2D eigenvalue weighted by Crippen LogP contribution is 2.15. The fourth-order valence-electron chi connectivity index (χ4n) is 1.38. The van der Waals surface area contributed by atoms with Crippen LogP contribution >= 0.6 is 15.9 Å². The van der Waals surface area contributed by atoms with Crippen molar-refractivity contribution in [3.63, 3.8) is 0 Å². The third-order valence-electron chi connectivity index (χ3n) is 2.29. The van der Waals surface area contributed by atoms with Crippen LogP contribution in [0.2, 0.25) is 0 Å². The summed E-state index contributed by atoms with van der Waals surface area (Å²) in [6.45, 7) is 0. The molecule has 1 aromatic carbocycles. The molecule has 2 aromatic rings. The Morgan fingerprint density at radius 2 is 1.83 bits per heavy atom. The molecule has 1 heterocycles. The van der Waals surface area contributed by atoms with E-state index in [9.17, 15) is 8.42 Å². The maximum atomic E-state index is 12.0. The van der Waals surface area contributed by atoms with Gasteiger partial charge in [-0.3, -0.25) is 4.72 Å². The van der Waals surface area contributed by atoms with E-state index in [1.165, 1.54) is 6.20 Å². The number of alkyl halides is 1. The third-order valence-corrected chi connectivity index (χ3v) is 4.31. The van der Waals surface area contributed by atoms with Crippen molar-refractivity contribution in [2.45, 2.75) is 10.2 Å². The van der Waals surface area contributed by atoms with Crippen LogP contribution in [0.4, 0.5) is 5.82 Å². The highest BCUT2D eigenvalue weighted by atomic mass is 79.9. The minimum absolute atomic E-state index is 0.220. The van der Waals surface area contributed by atoms with Crippen molar-refractivity contribution in [3.8, 4) is 0 Å². The molecule has 4 nitrogen and oxygen atoms in total. The van der Waals surface area contributed by atoms with E-state index in [1.807, 2.05) is 0 Å². The van der Waals surface area contributed by atoms with Gasteiger partial charge in [-0.2, -0.15) is 0 Å². The topological polar surface area (TPSA) is 59.1 Å². The molecule has 2 rings (SSSR count). The standard InChI is InChI=1S/C12H11BrN2O2S/c13-9-10-4-6-11(7-5-10)18(16,17)15-12-3-1-2-8-14-12/h1-8H,9H2,(H,14,15). The summed E-state index contributed by atoms with van der Waals surface area (Å²) in [5.41, 5.74) is 1.02. The molecule has 0 fully saturated rings. The molecule has 0 spiro atoms. The van der Waals surface area contributed by atoms with Gasteiger partial charge in [0.15, 0.2) is 0 Å². The van der Waals surface area contributed by atoms with Crippen LogP contribution in [0.15, 0.2) is 53.6 Å². The molecule has 0 bridgehead atoms. The Labute approximate surface area is 114 Å². The molecule has 0 aliphatic carbocycles. The number of sulfonamides is 1. The molecule has 0 amide bonds. The van der Waals surface area contributed by atoms with E-state index in [0.29, 0.717) is 11.1 Å². The molecule has 0 aliphatic rings. The molecule has 1 aromatic heterocycles. The number of benzene rings is 1. The minimum Gasteiger partial charge on any atom is -0.263 e. The van der Waals surface area contributed by atoms with Crippen LogP contribution in [0, 0.1) is 0 Å². The maximum Gasteiger partial charge on any atom is 0.263 e. The lowest BCUT2D eigenvalue weighted by Gasteiger charge is -2.07. The summed E-state index contributed by atoms with van der Waals surface area (Å²) in [4.78, 5) is 4.15. The van der Waals surface area contributed by atoms with Crippen molar-refractivity contribution in [2.24, 2.45) is 0 Å². The Morgan fingerprint density at radius 1 is 1.11 bits per heavy atom. The van der Waals surface area contributed by atoms with Crippen LogP contribution in [0.5, 0.6) is 0 Å². The average molecular weight is 327 g/mol. The normalized spacial score (nSPS) is 11.2. The van der Waals surface area contributed by atoms with E-state index in [2.05, 4.69) is 25.6 Å². The van der Waals surface area contributed by atoms with Crippen LogP contribution in [0.3, 0.4) is 0 Å². The van der Waals surface area contributed by atoms with Crippen molar-refractivity contribution in [3.05, 3.63) is 54.2 Å². The molecule has 0 unspecified atom stereocenters. The molecular weight excluding hydrogens is 316 g/mol. The van der Waals surface area contributed by atoms with Gasteiger partial charge in [-0.15, -0.1) is 0 Å². The Morgan fingerprint density at radius 3 is 2.39 bits per heavy atom. The highest BCUT2D eigenvalue weighted by molar-refractivity contribution is 9.08. The summed E-state index contributed by atoms with van der Waals surface area (Å²) in [6, 6.07) is 11.7. The first-order valence-electron chi connectivity index (χ1n) is 5.20. The van der Waals surface area contributed by atoms with Crippen molar-refractivity contribution in [1.82, 2.24) is 4.98 Å². The summed E-state index contributed by atoms with van der Waals surface area (Å²) >= 11 is 3.31. The van der Waals surface area contributed by atoms with Crippen LogP contribution in [0.1, 0.15) is 5.56 Å². The van der Waals surface area contributed by atoms with Gasteiger partial charge in [0.1, 0.15) is 5.82 Å². The second-order valence-corrected chi connectivity index (χ2v) is 5.84. The monoisotopic (exact) mass is 326 g/mol. The average Bonchev–Trinajstić information content (AvgIpc) is 2.39. The molecule has 94 valence electrons. The maximum absolute atomic E-state index is 12.0. The lowest BCUT2D eigenvalue weighted by Crippen LogP contribution is -2.13. The molecule has 0 radical (unpaired) electrons. The third kappa shape index (κ3) is 3.08. The van der Waals surface area contributed by atoms with Crippen molar-refractivity contribution in [2.75, 3.05) is 4.72 Å². The predicted molar refractivity (Wildman–Crippen MR) is 74.1 cm³/mol. The van der Waals surface area contributed by atoms with Gasteiger partial charge >= 0.3 is 0 Å². The van der Waals surface area contributed by atoms with Crippen LogP contribution in [-0.2, 0) is 15.4 Å². The van der Waals surface area contributed by atoms with Crippen LogP contribution < -0.4 is 4.72 Å². The highest BCUT2D eigenvalue weighted by Gasteiger charge is 2.14. The minimum atomic E-state index is -3.57. The van der Waals surface area contributed by atoms with Gasteiger partial charge in [-0.25, -0.2) is 13.4 Å². The number of pyridine rings is 1. The predicted octanol–water partition coefficient (Wildman–Crippen LogP) is 2.78. The number of anilines is 1. The molecule has 0 atom stereocenters. The van der Waals surface area contributed by atoms with Crippen LogP contribution in [-0.4, -0.2) is 13.4 Å². The van der Waals surface area contributed by atoms with Gasteiger partial charge in [0.25, 0.3) is 10.0 Å². The molecule has 1 N–H and O–H groups in total. The van der Waals surface area contributed by atoms with Crippen molar-refractivity contribution < 1.29 is 8.42 Å². The molecule has 0 aliphatic heterocycles. The number of hydrogen-bond acceptors (Lipinski definition) is 3. The lowest BCUT2D eigenvalue weighted by molar-refractivity contribution is 0.601. The number of aromatic nitrogens is 1. The second-order valence-electron chi connectivity index (χ2n) is 3.60. The Kier molecular flexibility index (Phi) is 3.98. The zero-order valence-corrected chi connectivity index (χ0v) is 11.8. The van der Waals surface area contributed by atoms with Gasteiger partial charge in [0.2, 0.25) is 0 Å². The lowest BCUT2D eigenvalue weighted by atomic mass is 10.2. The first kappa shape index (κ1) is 13.0. The fourth-order valence-corrected chi connectivity index (χ4v) is 2.76. The number of halogens is 1. The summed E-state index contributed by atoms with van der Waals surface area (Å²) in [7, 11) is -3.57. The molecule has 0 saturated carbocycles. The first-order valence-corrected chi connectivity index (χ1v) is 7.81. The molecule has 0 saturated heterocycles. The SMILES string of the molecule is O=S(=O)(Nc1ccccn1)c1ccc(CBr)cc1. The summed E-state index contributed by atoms with van der Waals surface area (Å²) < 4.78 is 26.5. The fraction of sp³-hybridized carbons (Fsp3) is 0.0833. The van der Waals surface area contributed by atoms with Crippen molar-refractivity contribution >= 4 is 31.8 Å². The van der Waals surface area contributed by atoms with E-state index in [4.69, 9.17) is 0 Å². The van der Waals surface area contributed by atoms with Crippen LogP contribution in [0.25, 0.3) is 0 Å². The first-order chi connectivity index (χ1) is 8.62. The van der Waals surface area contributed by atoms with Gasteiger partial charge in [-0.1, -0.05) is 34.1 Å². The van der Waals surface area contributed by atoms with E-state index in [0.717, 1.165) is 5.56 Å². The summed E-state index contributed by atoms with van der Waals surface area (Å²) in [6.07, 6.45) is 1.53. The Bertz CT molecular complexity index is 612. The van der Waals surface area contributed by atoms with Gasteiger partial charge < -0.3 is 0 Å². The quantitative estimate of drug-likeness (QED) is 0.879. The van der Waals surface area contributed by atoms with E-state index < -0.39 is 10.0 Å². The van der Waals surface area contributed by atoms with Crippen molar-refractivity contribution in [1.29, 1.82) is 0 Å². The zero-order chi connectivity index (χ0) is 13.0. The Hall–Kier alpha value is -1.40. The summed E-state index contributed by atoms with van der Waals surface area (Å²) in [5, 5.41) is 0.695. The van der Waals surface area contributed by atoms with E-state index in [1.54, 1.807) is 42.5 Å². The van der Waals surface area contributed by atoms with E-state index in [-0.39, 0.29) is 4.90 Å². The largest absolute Gasteiger partial charge is 0.263 e. The Balaban J connectivity index is 2.25. The summed E-state index contributed by atoms with van der Waals surface area (Å²) in [5.74, 6) is 0.307. The number of nitrogens with zero attached hydrogens (tertiary/aromatic N) is 1. The smallest absolute Gasteiger partial charge is 0.263 e. The second kappa shape index (κ2) is 5.49. The van der Waals surface area contributed by atoms with E-state index >= 15 is 0 Å². The number of hydrogen-bond donors (Lipinski definition) is 1. The number of nitrogens with one attached hydrogen (secondary N) is 1. The molecule has 6 heteroatoms. The zero-order valence-electron chi connectivity index (χ0n) is 9.38. The van der Waals surface area contributed by atoms with Gasteiger partial charge in [0.05, 0.1) is 4.90 Å². The van der Waals surface area contributed by atoms with Gasteiger partial charge in [0, 0.05) is 11.5 Å². The van der Waals surface area contributed by atoms with Gasteiger partial charge in [-0.05, 0) is 29.8 Å². The number of rotatable bonds is 4.